The van der Waals surface area contributed by atoms with Crippen LogP contribution in [0.3, 0.4) is 0 Å². The fraction of sp³-hybridized carbons (Fsp3) is 0.444. The summed E-state index contributed by atoms with van der Waals surface area (Å²) in [6, 6.07) is 7.16. The van der Waals surface area contributed by atoms with Crippen LogP contribution in [-0.2, 0) is 14.3 Å². The van der Waals surface area contributed by atoms with Gasteiger partial charge in [0, 0.05) is 24.9 Å². The molecule has 1 fully saturated rings. The first-order valence-corrected chi connectivity index (χ1v) is 8.24. The zero-order valence-corrected chi connectivity index (χ0v) is 14.2. The molecule has 1 aliphatic rings. The molecule has 1 saturated heterocycles. The average Bonchev–Trinajstić information content (AvgIpc) is 2.61. The summed E-state index contributed by atoms with van der Waals surface area (Å²) >= 11 is 0. The zero-order valence-electron chi connectivity index (χ0n) is 14.2. The molecule has 0 aromatic heterocycles. The molecule has 0 radical (unpaired) electrons. The van der Waals surface area contributed by atoms with Crippen LogP contribution in [0.25, 0.3) is 6.08 Å². The van der Waals surface area contributed by atoms with Crippen LogP contribution in [0.4, 0.5) is 10.5 Å². The van der Waals surface area contributed by atoms with Gasteiger partial charge in [-0.3, -0.25) is 0 Å². The normalized spacial score (nSPS) is 17.8. The van der Waals surface area contributed by atoms with E-state index >= 15 is 0 Å². The van der Waals surface area contributed by atoms with Gasteiger partial charge in [0.1, 0.15) is 0 Å². The Morgan fingerprint density at radius 3 is 2.75 bits per heavy atom. The first-order chi connectivity index (χ1) is 11.6. The molecule has 0 unspecified atom stereocenters. The molecule has 1 aromatic rings. The number of urea groups is 1. The van der Waals surface area contributed by atoms with Crippen molar-refractivity contribution in [1.82, 2.24) is 4.90 Å². The van der Waals surface area contributed by atoms with Crippen molar-refractivity contribution in [3.8, 4) is 0 Å². The van der Waals surface area contributed by atoms with Gasteiger partial charge in [0.25, 0.3) is 0 Å². The molecule has 1 N–H and O–H groups in total. The van der Waals surface area contributed by atoms with Crippen LogP contribution < -0.4 is 5.32 Å². The molecule has 0 saturated carbocycles. The first kappa shape index (κ1) is 18.0. The van der Waals surface area contributed by atoms with Gasteiger partial charge in [-0.2, -0.15) is 0 Å². The number of esters is 1. The molecule has 1 aliphatic heterocycles. The summed E-state index contributed by atoms with van der Waals surface area (Å²) < 4.78 is 10.4. The number of nitrogens with one attached hydrogen (secondary N) is 1. The van der Waals surface area contributed by atoms with Crippen molar-refractivity contribution in [3.63, 3.8) is 0 Å². The highest BCUT2D eigenvalue weighted by atomic mass is 16.5. The molecule has 24 heavy (non-hydrogen) atoms. The lowest BCUT2D eigenvalue weighted by Gasteiger charge is -2.32. The van der Waals surface area contributed by atoms with Crippen LogP contribution >= 0.6 is 0 Å². The highest BCUT2D eigenvalue weighted by Crippen LogP contribution is 2.14. The molecular formula is C18H24N2O4. The van der Waals surface area contributed by atoms with Crippen molar-refractivity contribution in [2.75, 3.05) is 31.6 Å². The number of ether oxygens (including phenoxy) is 2. The third-order valence-electron chi connectivity index (χ3n) is 3.74. The number of nitrogens with zero attached hydrogens (tertiary/aromatic N) is 1. The zero-order chi connectivity index (χ0) is 17.4. The average molecular weight is 332 g/mol. The van der Waals surface area contributed by atoms with E-state index in [1.165, 1.54) is 6.08 Å². The van der Waals surface area contributed by atoms with Crippen LogP contribution in [0.5, 0.6) is 0 Å². The lowest BCUT2D eigenvalue weighted by molar-refractivity contribution is -0.137. The van der Waals surface area contributed by atoms with Gasteiger partial charge < -0.3 is 19.7 Å². The highest BCUT2D eigenvalue weighted by molar-refractivity contribution is 5.90. The van der Waals surface area contributed by atoms with Crippen molar-refractivity contribution in [2.45, 2.75) is 26.4 Å². The largest absolute Gasteiger partial charge is 0.463 e. The van der Waals surface area contributed by atoms with Gasteiger partial charge in [0.05, 0.1) is 19.3 Å². The predicted molar refractivity (Wildman–Crippen MR) is 92.7 cm³/mol. The quantitative estimate of drug-likeness (QED) is 0.665. The van der Waals surface area contributed by atoms with E-state index in [-0.39, 0.29) is 18.1 Å². The molecule has 0 aliphatic carbocycles. The lowest BCUT2D eigenvalue weighted by Crippen LogP contribution is -2.47. The molecule has 1 heterocycles. The topological polar surface area (TPSA) is 67.9 Å². The maximum absolute atomic E-state index is 12.3. The van der Waals surface area contributed by atoms with Crippen molar-refractivity contribution in [3.05, 3.63) is 35.9 Å². The Kier molecular flexibility index (Phi) is 6.81. The predicted octanol–water partition coefficient (Wildman–Crippen LogP) is 2.91. The van der Waals surface area contributed by atoms with E-state index in [2.05, 4.69) is 12.2 Å². The number of hydrogen-bond donors (Lipinski definition) is 1. The number of rotatable bonds is 5. The second kappa shape index (κ2) is 9.08. The second-order valence-corrected chi connectivity index (χ2v) is 5.48. The number of anilines is 1. The summed E-state index contributed by atoms with van der Waals surface area (Å²) in [5.74, 6) is -0.368. The molecular weight excluding hydrogens is 308 g/mol. The Morgan fingerprint density at radius 1 is 1.33 bits per heavy atom. The molecule has 0 spiro atoms. The van der Waals surface area contributed by atoms with Crippen molar-refractivity contribution >= 4 is 23.8 Å². The highest BCUT2D eigenvalue weighted by Gasteiger charge is 2.22. The van der Waals surface area contributed by atoms with Crippen molar-refractivity contribution in [2.24, 2.45) is 0 Å². The summed E-state index contributed by atoms with van der Waals surface area (Å²) in [6.45, 7) is 5.96. The number of carbonyl (C=O) groups is 2. The Labute approximate surface area is 142 Å². The third kappa shape index (κ3) is 5.38. The molecule has 1 aromatic carbocycles. The van der Waals surface area contributed by atoms with Gasteiger partial charge >= 0.3 is 12.0 Å². The fourth-order valence-electron chi connectivity index (χ4n) is 2.39. The SMILES string of the molecule is CCOC(=O)/C=C\c1ccc(NC(=O)N2CCO[C@@H](CC)C2)cc1. The van der Waals surface area contributed by atoms with Gasteiger partial charge in [-0.1, -0.05) is 19.1 Å². The van der Waals surface area contributed by atoms with E-state index in [1.54, 1.807) is 30.0 Å². The molecule has 130 valence electrons. The van der Waals surface area contributed by atoms with E-state index in [0.717, 1.165) is 12.0 Å². The minimum Gasteiger partial charge on any atom is -0.463 e. The monoisotopic (exact) mass is 332 g/mol. The van der Waals surface area contributed by atoms with Gasteiger partial charge in [0.15, 0.2) is 0 Å². The summed E-state index contributed by atoms with van der Waals surface area (Å²) in [7, 11) is 0. The van der Waals surface area contributed by atoms with Gasteiger partial charge in [0.2, 0.25) is 0 Å². The Balaban J connectivity index is 1.89. The second-order valence-electron chi connectivity index (χ2n) is 5.48. The maximum Gasteiger partial charge on any atom is 0.330 e. The molecule has 1 atom stereocenters. The smallest absolute Gasteiger partial charge is 0.330 e. The summed E-state index contributed by atoms with van der Waals surface area (Å²) in [5.41, 5.74) is 1.58. The molecule has 2 rings (SSSR count). The van der Waals surface area contributed by atoms with Crippen molar-refractivity contribution in [1.29, 1.82) is 0 Å². The van der Waals surface area contributed by atoms with E-state index < -0.39 is 0 Å². The minimum atomic E-state index is -0.368. The standard InChI is InChI=1S/C18H24N2O4/c1-3-16-13-20(11-12-24-16)18(22)19-15-8-5-14(6-9-15)7-10-17(21)23-4-2/h5-10,16H,3-4,11-13H2,1-2H3,(H,19,22)/b10-7-/t16-/m0/s1. The van der Waals surface area contributed by atoms with Crippen LogP contribution in [0, 0.1) is 0 Å². The summed E-state index contributed by atoms with van der Waals surface area (Å²) in [5, 5.41) is 2.88. The van der Waals surface area contributed by atoms with Gasteiger partial charge in [-0.05, 0) is 37.1 Å². The summed E-state index contributed by atoms with van der Waals surface area (Å²) in [6.07, 6.45) is 4.07. The van der Waals surface area contributed by atoms with Gasteiger partial charge in [-0.25, -0.2) is 9.59 Å². The molecule has 2 amide bonds. The Morgan fingerprint density at radius 2 is 2.08 bits per heavy atom. The van der Waals surface area contributed by atoms with Crippen LogP contribution in [-0.4, -0.2) is 49.3 Å². The maximum atomic E-state index is 12.3. The minimum absolute atomic E-state index is 0.111. The first-order valence-electron chi connectivity index (χ1n) is 8.24. The Hall–Kier alpha value is -2.34. The van der Waals surface area contributed by atoms with E-state index in [1.807, 2.05) is 12.1 Å². The lowest BCUT2D eigenvalue weighted by atomic mass is 10.2. The number of benzene rings is 1. The van der Waals surface area contributed by atoms with E-state index in [9.17, 15) is 9.59 Å². The molecule has 6 heteroatoms. The summed E-state index contributed by atoms with van der Waals surface area (Å²) in [4.78, 5) is 25.3. The number of carbonyl (C=O) groups excluding carboxylic acids is 2. The van der Waals surface area contributed by atoms with Crippen molar-refractivity contribution < 1.29 is 19.1 Å². The van der Waals surface area contributed by atoms with E-state index in [4.69, 9.17) is 9.47 Å². The Bertz CT molecular complexity index is 583. The van der Waals surface area contributed by atoms with Crippen LogP contribution in [0.1, 0.15) is 25.8 Å². The number of amides is 2. The van der Waals surface area contributed by atoms with Crippen LogP contribution in [0.2, 0.25) is 0 Å². The number of morpholine rings is 1. The molecule has 0 bridgehead atoms. The third-order valence-corrected chi connectivity index (χ3v) is 3.74. The van der Waals surface area contributed by atoms with Gasteiger partial charge in [-0.15, -0.1) is 0 Å². The fourth-order valence-corrected chi connectivity index (χ4v) is 2.39. The van der Waals surface area contributed by atoms with Crippen LogP contribution in [0.15, 0.2) is 30.3 Å². The van der Waals surface area contributed by atoms with E-state index in [0.29, 0.717) is 32.0 Å². The number of hydrogen-bond acceptors (Lipinski definition) is 4. The molecule has 6 nitrogen and oxygen atoms in total.